The van der Waals surface area contributed by atoms with E-state index in [-0.39, 0.29) is 18.1 Å². The van der Waals surface area contributed by atoms with Gasteiger partial charge in [-0.2, -0.15) is 5.26 Å². The number of hydrogen-bond acceptors (Lipinski definition) is 3. The third-order valence-electron chi connectivity index (χ3n) is 3.13. The van der Waals surface area contributed by atoms with Gasteiger partial charge >= 0.3 is 0 Å². The van der Waals surface area contributed by atoms with Gasteiger partial charge in [0.25, 0.3) is 0 Å². The van der Waals surface area contributed by atoms with Crippen LogP contribution in [-0.4, -0.2) is 13.0 Å². The van der Waals surface area contributed by atoms with Gasteiger partial charge in [-0.15, -0.1) is 0 Å². The number of benzene rings is 2. The molecule has 0 radical (unpaired) electrons. The highest BCUT2D eigenvalue weighted by Gasteiger charge is 2.07. The highest BCUT2D eigenvalue weighted by Crippen LogP contribution is 2.17. The summed E-state index contributed by atoms with van der Waals surface area (Å²) in [6.45, 7) is 0.326. The average Bonchev–Trinajstić information content (AvgIpc) is 2.53. The fourth-order valence-electron chi connectivity index (χ4n) is 2.02. The minimum atomic E-state index is -0.491. The predicted octanol–water partition coefficient (Wildman–Crippen LogP) is 2.56. The maximum absolute atomic E-state index is 13.5. The van der Waals surface area contributed by atoms with Crippen LogP contribution in [0.5, 0.6) is 5.75 Å². The molecule has 5 heteroatoms. The van der Waals surface area contributed by atoms with Crippen LogP contribution in [0.3, 0.4) is 0 Å². The summed E-state index contributed by atoms with van der Waals surface area (Å²) in [7, 11) is 1.39. The Morgan fingerprint density at radius 3 is 2.77 bits per heavy atom. The van der Waals surface area contributed by atoms with Crippen molar-refractivity contribution in [1.82, 2.24) is 5.32 Å². The molecule has 0 aliphatic heterocycles. The minimum Gasteiger partial charge on any atom is -0.494 e. The fourth-order valence-corrected chi connectivity index (χ4v) is 2.02. The van der Waals surface area contributed by atoms with Crippen LogP contribution in [-0.2, 0) is 17.8 Å². The topological polar surface area (TPSA) is 62.1 Å². The largest absolute Gasteiger partial charge is 0.494 e. The molecule has 22 heavy (non-hydrogen) atoms. The quantitative estimate of drug-likeness (QED) is 0.922. The maximum atomic E-state index is 13.5. The molecule has 0 spiro atoms. The van der Waals surface area contributed by atoms with E-state index in [4.69, 9.17) is 10.00 Å². The molecule has 0 aromatic heterocycles. The molecule has 2 aromatic rings. The van der Waals surface area contributed by atoms with Gasteiger partial charge in [-0.25, -0.2) is 4.39 Å². The summed E-state index contributed by atoms with van der Waals surface area (Å²) in [5.74, 6) is -0.557. The first kappa shape index (κ1) is 15.5. The molecular weight excluding hydrogens is 283 g/mol. The number of rotatable bonds is 5. The summed E-state index contributed by atoms with van der Waals surface area (Å²) in [6, 6.07) is 13.5. The van der Waals surface area contributed by atoms with E-state index in [0.717, 1.165) is 5.56 Å². The van der Waals surface area contributed by atoms with Crippen molar-refractivity contribution < 1.29 is 13.9 Å². The first-order valence-corrected chi connectivity index (χ1v) is 6.70. The van der Waals surface area contributed by atoms with E-state index in [1.165, 1.54) is 19.2 Å². The van der Waals surface area contributed by atoms with Gasteiger partial charge in [0.1, 0.15) is 0 Å². The van der Waals surface area contributed by atoms with Gasteiger partial charge < -0.3 is 10.1 Å². The van der Waals surface area contributed by atoms with E-state index < -0.39 is 5.82 Å². The predicted molar refractivity (Wildman–Crippen MR) is 79.7 cm³/mol. The average molecular weight is 298 g/mol. The van der Waals surface area contributed by atoms with Crippen molar-refractivity contribution in [3.05, 3.63) is 65.0 Å². The summed E-state index contributed by atoms with van der Waals surface area (Å²) in [6.07, 6.45) is 0.0822. The van der Waals surface area contributed by atoms with Crippen molar-refractivity contribution in [3.8, 4) is 11.8 Å². The van der Waals surface area contributed by atoms with Crippen molar-refractivity contribution >= 4 is 5.91 Å². The highest BCUT2D eigenvalue weighted by atomic mass is 19.1. The lowest BCUT2D eigenvalue weighted by atomic mass is 10.1. The number of halogens is 1. The van der Waals surface area contributed by atoms with Gasteiger partial charge in [-0.1, -0.05) is 18.2 Å². The fraction of sp³-hybridized carbons (Fsp3) is 0.176. The van der Waals surface area contributed by atoms with Gasteiger partial charge in [0, 0.05) is 6.54 Å². The number of nitrogens with one attached hydrogen (secondary N) is 1. The molecule has 0 aliphatic rings. The normalized spacial score (nSPS) is 9.86. The lowest BCUT2D eigenvalue weighted by molar-refractivity contribution is -0.120. The molecule has 0 saturated carbocycles. The molecule has 0 heterocycles. The molecule has 0 bridgehead atoms. The van der Waals surface area contributed by atoms with E-state index in [1.54, 1.807) is 24.3 Å². The van der Waals surface area contributed by atoms with Crippen molar-refractivity contribution in [3.63, 3.8) is 0 Å². The van der Waals surface area contributed by atoms with E-state index in [1.807, 2.05) is 12.1 Å². The lowest BCUT2D eigenvalue weighted by Gasteiger charge is -2.07. The van der Waals surface area contributed by atoms with Crippen LogP contribution >= 0.6 is 0 Å². The number of carbonyl (C=O) groups excluding carboxylic acids is 1. The van der Waals surface area contributed by atoms with Crippen LogP contribution in [0, 0.1) is 17.1 Å². The van der Waals surface area contributed by atoms with Crippen LogP contribution < -0.4 is 10.1 Å². The van der Waals surface area contributed by atoms with Crippen LogP contribution in [0.25, 0.3) is 0 Å². The molecule has 112 valence electrons. The highest BCUT2D eigenvalue weighted by molar-refractivity contribution is 5.78. The molecule has 2 aromatic carbocycles. The Balaban J connectivity index is 1.93. The Labute approximate surface area is 128 Å². The summed E-state index contributed by atoms with van der Waals surface area (Å²) < 4.78 is 18.4. The second-order valence-corrected chi connectivity index (χ2v) is 4.73. The molecular formula is C17H15FN2O2. The minimum absolute atomic E-state index is 0.0822. The van der Waals surface area contributed by atoms with E-state index in [0.29, 0.717) is 17.7 Å². The Hall–Kier alpha value is -2.87. The number of ether oxygens (including phenoxy) is 1. The Morgan fingerprint density at radius 1 is 1.27 bits per heavy atom. The van der Waals surface area contributed by atoms with Crippen molar-refractivity contribution in [2.75, 3.05) is 7.11 Å². The molecule has 1 N–H and O–H groups in total. The number of amides is 1. The molecule has 0 saturated heterocycles. The second kappa shape index (κ2) is 7.23. The van der Waals surface area contributed by atoms with Crippen LogP contribution in [0.4, 0.5) is 4.39 Å². The first-order chi connectivity index (χ1) is 10.6. The standard InChI is InChI=1S/C17H15FN2O2/c1-22-16-6-5-12(8-15(16)18)9-17(21)20-11-14-4-2-3-13(7-14)10-19/h2-8H,9,11H2,1H3,(H,20,21). The molecule has 0 atom stereocenters. The monoisotopic (exact) mass is 298 g/mol. The number of nitrogens with zero attached hydrogens (tertiary/aromatic N) is 1. The number of hydrogen-bond donors (Lipinski definition) is 1. The lowest BCUT2D eigenvalue weighted by Crippen LogP contribution is -2.24. The van der Waals surface area contributed by atoms with Crippen molar-refractivity contribution in [1.29, 1.82) is 5.26 Å². The number of nitriles is 1. The summed E-state index contributed by atoms with van der Waals surface area (Å²) >= 11 is 0. The van der Waals surface area contributed by atoms with E-state index in [2.05, 4.69) is 5.32 Å². The van der Waals surface area contributed by atoms with Crippen LogP contribution in [0.1, 0.15) is 16.7 Å². The van der Waals surface area contributed by atoms with Crippen molar-refractivity contribution in [2.24, 2.45) is 0 Å². The molecule has 0 aliphatic carbocycles. The number of carbonyl (C=O) groups is 1. The zero-order chi connectivity index (χ0) is 15.9. The van der Waals surface area contributed by atoms with Gasteiger partial charge in [0.05, 0.1) is 25.2 Å². The molecule has 0 fully saturated rings. The second-order valence-electron chi connectivity index (χ2n) is 4.73. The summed E-state index contributed by atoms with van der Waals surface area (Å²) in [4.78, 5) is 11.9. The van der Waals surface area contributed by atoms with E-state index in [9.17, 15) is 9.18 Å². The van der Waals surface area contributed by atoms with Gasteiger partial charge in [-0.3, -0.25) is 4.79 Å². The molecule has 1 amide bonds. The number of methoxy groups -OCH3 is 1. The summed E-state index contributed by atoms with van der Waals surface area (Å²) in [5, 5.41) is 11.6. The zero-order valence-corrected chi connectivity index (χ0v) is 12.1. The van der Waals surface area contributed by atoms with E-state index >= 15 is 0 Å². The Morgan fingerprint density at radius 2 is 2.09 bits per heavy atom. The Bertz CT molecular complexity index is 723. The SMILES string of the molecule is COc1ccc(CC(=O)NCc2cccc(C#N)c2)cc1F. The molecule has 4 nitrogen and oxygen atoms in total. The summed E-state index contributed by atoms with van der Waals surface area (Å²) in [5.41, 5.74) is 1.96. The van der Waals surface area contributed by atoms with Gasteiger partial charge in [0.2, 0.25) is 5.91 Å². The third kappa shape index (κ3) is 4.06. The van der Waals surface area contributed by atoms with Gasteiger partial charge in [-0.05, 0) is 35.4 Å². The molecule has 2 rings (SSSR count). The van der Waals surface area contributed by atoms with Crippen LogP contribution in [0.2, 0.25) is 0 Å². The first-order valence-electron chi connectivity index (χ1n) is 6.70. The maximum Gasteiger partial charge on any atom is 0.224 e. The van der Waals surface area contributed by atoms with Crippen molar-refractivity contribution in [2.45, 2.75) is 13.0 Å². The smallest absolute Gasteiger partial charge is 0.224 e. The third-order valence-corrected chi connectivity index (χ3v) is 3.13. The van der Waals surface area contributed by atoms with Crippen LogP contribution in [0.15, 0.2) is 42.5 Å². The zero-order valence-electron chi connectivity index (χ0n) is 12.1. The molecule has 0 unspecified atom stereocenters. The Kier molecular flexibility index (Phi) is 5.10. The van der Waals surface area contributed by atoms with Gasteiger partial charge in [0.15, 0.2) is 11.6 Å².